The number of benzene rings is 4. The minimum absolute atomic E-state index is 0.236. The maximum atomic E-state index is 13.4. The summed E-state index contributed by atoms with van der Waals surface area (Å²) in [5, 5.41) is 8.22. The van der Waals surface area contributed by atoms with Crippen LogP contribution in [0.15, 0.2) is 109 Å². The van der Waals surface area contributed by atoms with Crippen LogP contribution in [0.5, 0.6) is 0 Å². The first kappa shape index (κ1) is 22.4. The van der Waals surface area contributed by atoms with Crippen molar-refractivity contribution < 1.29 is 9.59 Å². The molecule has 0 unspecified atom stereocenters. The van der Waals surface area contributed by atoms with E-state index >= 15 is 0 Å². The monoisotopic (exact) mass is 453 g/mol. The molecule has 2 N–H and O–H groups in total. The van der Waals surface area contributed by atoms with Crippen LogP contribution in [0, 0.1) is 13.8 Å². The van der Waals surface area contributed by atoms with Crippen molar-refractivity contribution in [3.63, 3.8) is 0 Å². The van der Waals surface area contributed by atoms with E-state index in [1.165, 1.54) is 0 Å². The van der Waals surface area contributed by atoms with Gasteiger partial charge >= 0.3 is 0 Å². The average Bonchev–Trinajstić information content (AvgIpc) is 2.85. The number of carbonyl (C=O) groups excluding carboxylic acids is 2. The summed E-state index contributed by atoms with van der Waals surface area (Å²) in [7, 11) is -2.87. The van der Waals surface area contributed by atoms with Gasteiger partial charge < -0.3 is 0 Å². The number of amides is 2. The number of aryl methyl sites for hydroxylation is 2. The van der Waals surface area contributed by atoms with Gasteiger partial charge in [-0.1, -0.05) is 71.8 Å². The van der Waals surface area contributed by atoms with Gasteiger partial charge in [0.2, 0.25) is 0 Å². The molecule has 0 saturated carbocycles. The number of carbonyl (C=O) groups is 2. The fraction of sp³-hybridized carbons (Fsp3) is 0.0714. The molecular weight excluding hydrogens is 427 g/mol. The van der Waals surface area contributed by atoms with Crippen molar-refractivity contribution in [1.29, 1.82) is 0 Å². The van der Waals surface area contributed by atoms with Crippen molar-refractivity contribution in [3.8, 4) is 0 Å². The van der Waals surface area contributed by atoms with E-state index in [9.17, 15) is 9.59 Å². The van der Waals surface area contributed by atoms with Gasteiger partial charge in [0.1, 0.15) is 10.6 Å². The first-order valence-corrected chi connectivity index (χ1v) is 12.6. The molecule has 0 aliphatic rings. The second kappa shape index (κ2) is 9.81. The highest BCUT2D eigenvalue weighted by Crippen LogP contribution is 2.48. The molecular formula is C28H26N2O2P+. The Morgan fingerprint density at radius 1 is 0.515 bits per heavy atom. The van der Waals surface area contributed by atoms with Crippen molar-refractivity contribution in [2.24, 2.45) is 0 Å². The molecule has 4 rings (SSSR count). The van der Waals surface area contributed by atoms with Crippen molar-refractivity contribution >= 4 is 30.0 Å². The zero-order valence-electron chi connectivity index (χ0n) is 18.7. The number of hydrogen-bond donors (Lipinski definition) is 2. The first-order valence-electron chi connectivity index (χ1n) is 10.8. The Morgan fingerprint density at radius 3 is 1.18 bits per heavy atom. The van der Waals surface area contributed by atoms with Gasteiger partial charge in [-0.3, -0.25) is 9.59 Å². The van der Waals surface area contributed by atoms with E-state index in [0.717, 1.165) is 21.7 Å². The second-order valence-electron chi connectivity index (χ2n) is 7.96. The highest BCUT2D eigenvalue weighted by molar-refractivity contribution is 7.87. The molecule has 0 radical (unpaired) electrons. The van der Waals surface area contributed by atoms with Crippen LogP contribution in [0.25, 0.3) is 0 Å². The minimum atomic E-state index is -2.87. The molecule has 4 aromatic carbocycles. The summed E-state index contributed by atoms with van der Waals surface area (Å²) in [5.41, 5.74) is 3.24. The molecule has 164 valence electrons. The standard InChI is InChI=1S/C28H25N2O2P/c1-21-13-17-23(18-14-21)27(31)29-33(25-9-5-3-6-10-25,26-11-7-4-8-12-26)30-28(32)24-19-15-22(2)16-20-24/h3-20H,1-2H3,(H-,29,30,31,32)/p+1. The zero-order valence-corrected chi connectivity index (χ0v) is 19.6. The zero-order chi connectivity index (χ0) is 23.3. The molecule has 0 aromatic heterocycles. The second-order valence-corrected chi connectivity index (χ2v) is 10.8. The highest BCUT2D eigenvalue weighted by Gasteiger charge is 2.47. The number of rotatable bonds is 6. The summed E-state index contributed by atoms with van der Waals surface area (Å²) in [6.45, 7) is 3.96. The Morgan fingerprint density at radius 2 is 0.848 bits per heavy atom. The predicted octanol–water partition coefficient (Wildman–Crippen LogP) is 4.96. The van der Waals surface area contributed by atoms with E-state index in [2.05, 4.69) is 10.2 Å². The minimum Gasteiger partial charge on any atom is -0.266 e. The van der Waals surface area contributed by atoms with Gasteiger partial charge in [0.25, 0.3) is 19.4 Å². The van der Waals surface area contributed by atoms with Gasteiger partial charge in [0, 0.05) is 11.1 Å². The third kappa shape index (κ3) is 5.02. The average molecular weight is 454 g/mol. The number of nitrogens with one attached hydrogen (secondary N) is 2. The maximum Gasteiger partial charge on any atom is 0.285 e. The Balaban J connectivity index is 1.83. The summed E-state index contributed by atoms with van der Waals surface area (Å²) in [6.07, 6.45) is 0. The molecule has 5 heteroatoms. The Labute approximate surface area is 195 Å². The van der Waals surface area contributed by atoms with Crippen LogP contribution in [0.1, 0.15) is 31.8 Å². The largest absolute Gasteiger partial charge is 0.285 e. The Hall–Kier alpha value is -3.75. The van der Waals surface area contributed by atoms with Crippen LogP contribution < -0.4 is 20.8 Å². The molecule has 4 nitrogen and oxygen atoms in total. The molecule has 0 saturated heterocycles. The van der Waals surface area contributed by atoms with Crippen molar-refractivity contribution in [1.82, 2.24) is 10.2 Å². The molecule has 0 fully saturated rings. The SMILES string of the molecule is Cc1ccc(C(=O)N[P+](NC(=O)c2ccc(C)cc2)(c2ccccc2)c2ccccc2)cc1. The molecule has 2 amide bonds. The molecule has 0 bridgehead atoms. The third-order valence-electron chi connectivity index (χ3n) is 5.45. The topological polar surface area (TPSA) is 58.2 Å². The normalized spacial score (nSPS) is 11.0. The summed E-state index contributed by atoms with van der Waals surface area (Å²) in [6, 6.07) is 34.2. The van der Waals surface area contributed by atoms with Gasteiger partial charge in [-0.15, -0.1) is 0 Å². The molecule has 0 aliphatic heterocycles. The summed E-state index contributed by atoms with van der Waals surface area (Å²) in [5.74, 6) is -0.472. The van der Waals surface area contributed by atoms with E-state index in [0.29, 0.717) is 11.1 Å². The van der Waals surface area contributed by atoms with Crippen LogP contribution in [0.4, 0.5) is 0 Å². The van der Waals surface area contributed by atoms with Gasteiger partial charge in [-0.25, -0.2) is 0 Å². The molecule has 0 atom stereocenters. The summed E-state index contributed by atoms with van der Waals surface area (Å²) in [4.78, 5) is 26.9. The summed E-state index contributed by atoms with van der Waals surface area (Å²) >= 11 is 0. The predicted molar refractivity (Wildman–Crippen MR) is 136 cm³/mol. The van der Waals surface area contributed by atoms with Crippen molar-refractivity contribution in [3.05, 3.63) is 131 Å². The fourth-order valence-electron chi connectivity index (χ4n) is 3.58. The molecule has 0 spiro atoms. The quantitative estimate of drug-likeness (QED) is 0.406. The first-order chi connectivity index (χ1) is 16.0. The van der Waals surface area contributed by atoms with Crippen LogP contribution in [-0.4, -0.2) is 11.8 Å². The number of hydrogen-bond acceptors (Lipinski definition) is 2. The van der Waals surface area contributed by atoms with E-state index in [1.807, 2.05) is 98.8 Å². The Kier molecular flexibility index (Phi) is 6.67. The molecule has 0 heterocycles. The lowest BCUT2D eigenvalue weighted by Crippen LogP contribution is -2.46. The lowest BCUT2D eigenvalue weighted by atomic mass is 10.1. The van der Waals surface area contributed by atoms with E-state index in [4.69, 9.17) is 0 Å². The van der Waals surface area contributed by atoms with E-state index in [1.54, 1.807) is 24.3 Å². The fourth-order valence-corrected chi connectivity index (χ4v) is 6.56. The van der Waals surface area contributed by atoms with Gasteiger partial charge in [-0.05, 0) is 62.4 Å². The van der Waals surface area contributed by atoms with Crippen LogP contribution >= 0.6 is 7.56 Å². The third-order valence-corrected chi connectivity index (χ3v) is 8.68. The smallest absolute Gasteiger partial charge is 0.266 e. The molecule has 4 aromatic rings. The van der Waals surface area contributed by atoms with Gasteiger partial charge in [-0.2, -0.15) is 10.2 Å². The lowest BCUT2D eigenvalue weighted by Gasteiger charge is -2.27. The van der Waals surface area contributed by atoms with Crippen molar-refractivity contribution in [2.45, 2.75) is 13.8 Å². The van der Waals surface area contributed by atoms with Gasteiger partial charge in [0.05, 0.1) is 0 Å². The van der Waals surface area contributed by atoms with Crippen molar-refractivity contribution in [2.75, 3.05) is 0 Å². The highest BCUT2D eigenvalue weighted by atomic mass is 31.2. The van der Waals surface area contributed by atoms with E-state index < -0.39 is 7.56 Å². The molecule has 0 aliphatic carbocycles. The summed E-state index contributed by atoms with van der Waals surface area (Å²) < 4.78 is 0. The van der Waals surface area contributed by atoms with Crippen LogP contribution in [-0.2, 0) is 0 Å². The van der Waals surface area contributed by atoms with Crippen LogP contribution in [0.2, 0.25) is 0 Å². The van der Waals surface area contributed by atoms with E-state index in [-0.39, 0.29) is 11.8 Å². The van der Waals surface area contributed by atoms with Gasteiger partial charge in [0.15, 0.2) is 0 Å². The molecule has 33 heavy (non-hydrogen) atoms. The lowest BCUT2D eigenvalue weighted by molar-refractivity contribution is 0.0977. The van der Waals surface area contributed by atoms with Crippen LogP contribution in [0.3, 0.4) is 0 Å². The maximum absolute atomic E-state index is 13.4. The Bertz CT molecular complexity index is 1140.